The largest absolute Gasteiger partial charge is 0.427 e. The van der Waals surface area contributed by atoms with Crippen LogP contribution in [0.4, 0.5) is 0 Å². The van der Waals surface area contributed by atoms with Crippen LogP contribution in [0.1, 0.15) is 90.9 Å². The summed E-state index contributed by atoms with van der Waals surface area (Å²) in [5, 5.41) is 0.400. The number of fused-ring (bicyclic) bond motifs is 2. The van der Waals surface area contributed by atoms with E-state index in [1.54, 1.807) is 48.5 Å². The highest BCUT2D eigenvalue weighted by Crippen LogP contribution is 2.26. The van der Waals surface area contributed by atoms with Gasteiger partial charge in [-0.1, -0.05) is 65.2 Å². The summed E-state index contributed by atoms with van der Waals surface area (Å²) >= 11 is 0. The number of rotatable bonds is 16. The Morgan fingerprint density at radius 1 is 0.562 bits per heavy atom. The number of ether oxygens (including phenoxy) is 2. The fourth-order valence-electron chi connectivity index (χ4n) is 5.34. The fourth-order valence-corrected chi connectivity index (χ4v) is 5.34. The van der Waals surface area contributed by atoms with Gasteiger partial charge in [-0.3, -0.25) is 9.59 Å². The van der Waals surface area contributed by atoms with E-state index in [1.807, 2.05) is 0 Å². The van der Waals surface area contributed by atoms with Gasteiger partial charge in [-0.15, -0.1) is 0 Å². The molecule has 0 aliphatic rings. The van der Waals surface area contributed by atoms with E-state index in [2.05, 4.69) is 23.8 Å². The number of hydrogen-bond donors (Lipinski definition) is 0. The minimum absolute atomic E-state index is 0.104. The molecule has 250 valence electrons. The predicted molar refractivity (Wildman–Crippen MR) is 183 cm³/mol. The maximum absolute atomic E-state index is 12.9. The molecule has 0 aliphatic heterocycles. The Hall–Kier alpha value is -5.12. The highest BCUT2D eigenvalue weighted by molar-refractivity contribution is 5.83. The van der Waals surface area contributed by atoms with Crippen LogP contribution in [-0.2, 0) is 9.59 Å². The smallest absolute Gasteiger partial charge is 0.347 e. The summed E-state index contributed by atoms with van der Waals surface area (Å²) in [5.41, 5.74) is 0.604. The minimum Gasteiger partial charge on any atom is -0.427 e. The lowest BCUT2D eigenvalue weighted by molar-refractivity contribution is -0.135. The maximum atomic E-state index is 12.9. The third kappa shape index (κ3) is 9.02. The van der Waals surface area contributed by atoms with Gasteiger partial charge in [0.15, 0.2) is 0 Å². The zero-order chi connectivity index (χ0) is 33.9. The molecule has 48 heavy (non-hydrogen) atoms. The Bertz CT molecular complexity index is 1850. The number of carbonyl (C=O) groups excluding carboxylic acids is 2. The average Bonchev–Trinajstić information content (AvgIpc) is 3.08. The van der Waals surface area contributed by atoms with Crippen LogP contribution in [0.5, 0.6) is 11.5 Å². The van der Waals surface area contributed by atoms with Crippen molar-refractivity contribution in [1.29, 1.82) is 0 Å². The number of carbonyl (C=O) groups is 2. The molecule has 0 fully saturated rings. The number of nitrogens with zero attached hydrogens (tertiary/aromatic N) is 2. The summed E-state index contributed by atoms with van der Waals surface area (Å²) in [7, 11) is 0. The second-order valence-electron chi connectivity index (χ2n) is 11.8. The van der Waals surface area contributed by atoms with E-state index in [4.69, 9.17) is 18.3 Å². The SMILES string of the molecule is CCCCCCCC(=O)Oc1ccc2nc(-c3ccc(-c4nc5ccc(OC(=O)CCCCCCC)cc5c(=O)o4)cc3)oc(=O)c2c1. The van der Waals surface area contributed by atoms with Crippen molar-refractivity contribution in [1.82, 2.24) is 9.97 Å². The van der Waals surface area contributed by atoms with Crippen molar-refractivity contribution in [3.63, 3.8) is 0 Å². The van der Waals surface area contributed by atoms with Gasteiger partial charge in [0, 0.05) is 24.0 Å². The minimum atomic E-state index is -0.615. The normalized spacial score (nSPS) is 11.2. The van der Waals surface area contributed by atoms with Crippen molar-refractivity contribution in [2.75, 3.05) is 0 Å². The number of hydrogen-bond acceptors (Lipinski definition) is 10. The van der Waals surface area contributed by atoms with Gasteiger partial charge in [0.05, 0.1) is 21.8 Å². The number of esters is 2. The molecule has 2 heterocycles. The molecule has 0 atom stereocenters. The van der Waals surface area contributed by atoms with Crippen molar-refractivity contribution < 1.29 is 27.9 Å². The van der Waals surface area contributed by atoms with Crippen LogP contribution >= 0.6 is 0 Å². The summed E-state index contributed by atoms with van der Waals surface area (Å²) in [6.45, 7) is 4.28. The first kappa shape index (κ1) is 34.2. The number of unbranched alkanes of at least 4 members (excludes halogenated alkanes) is 8. The molecular weight excluding hydrogens is 612 g/mol. The van der Waals surface area contributed by atoms with Crippen molar-refractivity contribution in [2.45, 2.75) is 90.9 Å². The quantitative estimate of drug-likeness (QED) is 0.0578. The van der Waals surface area contributed by atoms with Crippen LogP contribution in [0.3, 0.4) is 0 Å². The van der Waals surface area contributed by atoms with Gasteiger partial charge >= 0.3 is 23.2 Å². The molecule has 5 aromatic rings. The van der Waals surface area contributed by atoms with E-state index >= 15 is 0 Å². The zero-order valence-corrected chi connectivity index (χ0v) is 27.4. The highest BCUT2D eigenvalue weighted by atomic mass is 16.5. The summed E-state index contributed by atoms with van der Waals surface area (Å²) in [5.74, 6) is 0.0548. The molecular formula is C38H40N2O8. The second-order valence-corrected chi connectivity index (χ2v) is 11.8. The first-order chi connectivity index (χ1) is 23.3. The van der Waals surface area contributed by atoms with Crippen LogP contribution in [0.2, 0.25) is 0 Å². The molecule has 0 unspecified atom stereocenters. The van der Waals surface area contributed by atoms with Crippen LogP contribution in [0.15, 0.2) is 79.1 Å². The van der Waals surface area contributed by atoms with Gasteiger partial charge in [0.25, 0.3) is 0 Å². The lowest BCUT2D eigenvalue weighted by Gasteiger charge is -2.07. The molecule has 2 aromatic heterocycles. The van der Waals surface area contributed by atoms with Crippen molar-refractivity contribution in [2.24, 2.45) is 0 Å². The highest BCUT2D eigenvalue weighted by Gasteiger charge is 2.15. The lowest BCUT2D eigenvalue weighted by Crippen LogP contribution is -2.09. The Balaban J connectivity index is 1.25. The van der Waals surface area contributed by atoms with Gasteiger partial charge in [-0.2, -0.15) is 0 Å². The molecule has 3 aromatic carbocycles. The van der Waals surface area contributed by atoms with Gasteiger partial charge in [-0.25, -0.2) is 19.6 Å². The Kier molecular flexibility index (Phi) is 11.9. The van der Waals surface area contributed by atoms with Gasteiger partial charge in [0.1, 0.15) is 11.5 Å². The third-order valence-electron chi connectivity index (χ3n) is 8.01. The van der Waals surface area contributed by atoms with E-state index in [1.165, 1.54) is 12.1 Å². The van der Waals surface area contributed by atoms with Crippen LogP contribution in [-0.4, -0.2) is 21.9 Å². The molecule has 0 amide bonds. The zero-order valence-electron chi connectivity index (χ0n) is 27.4. The number of benzene rings is 3. The molecule has 5 rings (SSSR count). The second kappa shape index (κ2) is 16.6. The summed E-state index contributed by atoms with van der Waals surface area (Å²) in [6.07, 6.45) is 10.9. The Morgan fingerprint density at radius 3 is 1.35 bits per heavy atom. The predicted octanol–water partition coefficient (Wildman–Crippen LogP) is 8.56. The summed E-state index contributed by atoms with van der Waals surface area (Å²) < 4.78 is 21.9. The molecule has 0 radical (unpaired) electrons. The van der Waals surface area contributed by atoms with Crippen molar-refractivity contribution >= 4 is 33.7 Å². The van der Waals surface area contributed by atoms with E-state index in [0.717, 1.165) is 64.2 Å². The third-order valence-corrected chi connectivity index (χ3v) is 8.01. The molecule has 10 nitrogen and oxygen atoms in total. The van der Waals surface area contributed by atoms with Gasteiger partial charge in [-0.05, 0) is 73.5 Å². The first-order valence-electron chi connectivity index (χ1n) is 16.8. The Labute approximate surface area is 278 Å². The Morgan fingerprint density at radius 2 is 0.958 bits per heavy atom. The van der Waals surface area contributed by atoms with Gasteiger partial charge < -0.3 is 18.3 Å². The molecule has 0 saturated carbocycles. The monoisotopic (exact) mass is 652 g/mol. The van der Waals surface area contributed by atoms with Crippen LogP contribution < -0.4 is 20.7 Å². The van der Waals surface area contributed by atoms with Gasteiger partial charge in [0.2, 0.25) is 11.8 Å². The topological polar surface area (TPSA) is 139 Å². The van der Waals surface area contributed by atoms with E-state index in [9.17, 15) is 19.2 Å². The molecule has 0 spiro atoms. The fraction of sp³-hybridized carbons (Fsp3) is 0.368. The van der Waals surface area contributed by atoms with E-state index < -0.39 is 11.3 Å². The summed E-state index contributed by atoms with van der Waals surface area (Å²) in [6, 6.07) is 16.1. The molecule has 0 N–H and O–H groups in total. The maximum Gasteiger partial charge on any atom is 0.347 e. The average molecular weight is 653 g/mol. The van der Waals surface area contributed by atoms with Crippen molar-refractivity contribution in [3.8, 4) is 34.4 Å². The molecule has 0 aliphatic carbocycles. The summed E-state index contributed by atoms with van der Waals surface area (Å²) in [4.78, 5) is 59.2. The molecule has 0 saturated heterocycles. The standard InChI is InChI=1S/C38H40N2O8/c1-3-5-7-9-11-13-33(41)45-27-19-21-31-29(23-27)37(43)47-35(39-31)25-15-17-26(18-16-25)36-40-32-22-20-28(24-30(32)38(44)48-36)46-34(42)14-12-10-8-6-4-2/h15-24H,3-14H2,1-2H3. The number of aromatic nitrogens is 2. The first-order valence-corrected chi connectivity index (χ1v) is 16.8. The molecule has 0 bridgehead atoms. The van der Waals surface area contributed by atoms with E-state index in [0.29, 0.717) is 35.0 Å². The van der Waals surface area contributed by atoms with E-state index in [-0.39, 0.29) is 46.0 Å². The van der Waals surface area contributed by atoms with Crippen molar-refractivity contribution in [3.05, 3.63) is 81.5 Å². The van der Waals surface area contributed by atoms with Crippen LogP contribution in [0.25, 0.3) is 44.7 Å². The van der Waals surface area contributed by atoms with Crippen LogP contribution in [0, 0.1) is 0 Å². The lowest BCUT2D eigenvalue weighted by atomic mass is 10.1. The molecule has 10 heteroatoms.